The number of aromatic amines is 1. The molecule has 0 radical (unpaired) electrons. The summed E-state index contributed by atoms with van der Waals surface area (Å²) in [6, 6.07) is 0.793. The van der Waals surface area contributed by atoms with Crippen molar-refractivity contribution in [1.82, 2.24) is 25.1 Å². The van der Waals surface area contributed by atoms with E-state index in [1.807, 2.05) is 16.9 Å². The van der Waals surface area contributed by atoms with Crippen LogP contribution in [0, 0.1) is 6.92 Å². The Labute approximate surface area is 177 Å². The second-order valence-corrected chi connectivity index (χ2v) is 7.59. The van der Waals surface area contributed by atoms with E-state index in [0.29, 0.717) is 64.2 Å². The highest BCUT2D eigenvalue weighted by Gasteiger charge is 2.34. The second kappa shape index (κ2) is 9.88. The largest absolute Gasteiger partial charge is 0.421 e. The van der Waals surface area contributed by atoms with E-state index in [4.69, 9.17) is 0 Å². The Morgan fingerprint density at radius 1 is 1.10 bits per heavy atom. The Bertz CT molecular complexity index is 937. The van der Waals surface area contributed by atoms with Crippen LogP contribution in [0.15, 0.2) is 23.3 Å². The molecule has 168 valence electrons. The van der Waals surface area contributed by atoms with Crippen LogP contribution in [0.4, 0.5) is 19.1 Å². The summed E-state index contributed by atoms with van der Waals surface area (Å²) in [7, 11) is 0. The van der Waals surface area contributed by atoms with Gasteiger partial charge >= 0.3 is 6.18 Å². The number of hydrogen-bond acceptors (Lipinski definition) is 6. The monoisotopic (exact) mass is 438 g/mol. The minimum absolute atomic E-state index is 0.0750. The van der Waals surface area contributed by atoms with Crippen molar-refractivity contribution in [3.63, 3.8) is 0 Å². The highest BCUT2D eigenvalue weighted by molar-refractivity contribution is 5.76. The van der Waals surface area contributed by atoms with Crippen molar-refractivity contribution in [2.45, 2.75) is 45.2 Å². The number of aryl methyl sites for hydroxylation is 2. The fourth-order valence-electron chi connectivity index (χ4n) is 3.41. The van der Waals surface area contributed by atoms with Crippen LogP contribution in [-0.2, 0) is 17.4 Å². The number of unbranched alkanes of at least 4 members (excludes halogenated alkanes) is 2. The molecular formula is C20H25F3N6O2. The molecule has 1 aliphatic heterocycles. The van der Waals surface area contributed by atoms with Gasteiger partial charge in [-0.3, -0.25) is 9.59 Å². The molecule has 1 amide bonds. The van der Waals surface area contributed by atoms with E-state index < -0.39 is 17.3 Å². The zero-order valence-corrected chi connectivity index (χ0v) is 17.3. The molecule has 1 saturated heterocycles. The molecule has 1 N–H and O–H groups in total. The summed E-state index contributed by atoms with van der Waals surface area (Å²) in [5, 5.41) is 5.56. The van der Waals surface area contributed by atoms with Gasteiger partial charge in [0, 0.05) is 45.0 Å². The molecule has 3 heterocycles. The maximum Gasteiger partial charge on any atom is 0.421 e. The summed E-state index contributed by atoms with van der Waals surface area (Å²) in [6.07, 6.45) is 1.46. The van der Waals surface area contributed by atoms with Crippen LogP contribution in [0.5, 0.6) is 0 Å². The molecule has 0 atom stereocenters. The standard InChI is InChI=1S/C20H25F3N6O2/c1-14-12-24-19(25-13-14)29-9-7-28(8-10-29)17(30)6-4-2-3-5-15-11-16(20(21,22)23)18(31)27-26-15/h11-13H,2-10H2,1H3,(H,27,31). The number of anilines is 1. The number of nitrogens with zero attached hydrogens (tertiary/aromatic N) is 5. The molecule has 1 fully saturated rings. The molecule has 0 spiro atoms. The molecule has 0 aliphatic carbocycles. The maximum absolute atomic E-state index is 12.8. The lowest BCUT2D eigenvalue weighted by molar-refractivity contribution is -0.139. The van der Waals surface area contributed by atoms with E-state index in [9.17, 15) is 22.8 Å². The summed E-state index contributed by atoms with van der Waals surface area (Å²) in [5.74, 6) is 0.744. The first-order valence-electron chi connectivity index (χ1n) is 10.2. The van der Waals surface area contributed by atoms with Gasteiger partial charge in [0.1, 0.15) is 5.56 Å². The first-order valence-corrected chi connectivity index (χ1v) is 10.2. The maximum atomic E-state index is 12.8. The molecule has 11 heteroatoms. The first kappa shape index (κ1) is 22.7. The molecule has 0 bridgehead atoms. The average Bonchev–Trinajstić information content (AvgIpc) is 2.74. The van der Waals surface area contributed by atoms with Gasteiger partial charge in [-0.25, -0.2) is 15.1 Å². The summed E-state index contributed by atoms with van der Waals surface area (Å²) in [5.41, 5.74) is -1.29. The summed E-state index contributed by atoms with van der Waals surface area (Å²) in [6.45, 7) is 4.49. The number of carbonyl (C=O) groups excluding carboxylic acids is 1. The van der Waals surface area contributed by atoms with Crippen molar-refractivity contribution in [3.8, 4) is 0 Å². The van der Waals surface area contributed by atoms with E-state index in [2.05, 4.69) is 20.0 Å². The number of alkyl halides is 3. The van der Waals surface area contributed by atoms with Gasteiger partial charge in [-0.2, -0.15) is 18.3 Å². The number of aromatic nitrogens is 4. The summed E-state index contributed by atoms with van der Waals surface area (Å²) >= 11 is 0. The van der Waals surface area contributed by atoms with E-state index in [0.717, 1.165) is 11.6 Å². The van der Waals surface area contributed by atoms with Gasteiger partial charge in [0.25, 0.3) is 5.56 Å². The van der Waals surface area contributed by atoms with Gasteiger partial charge in [-0.15, -0.1) is 0 Å². The van der Waals surface area contributed by atoms with Gasteiger partial charge in [-0.1, -0.05) is 6.42 Å². The Morgan fingerprint density at radius 3 is 2.42 bits per heavy atom. The smallest absolute Gasteiger partial charge is 0.339 e. The Hall–Kier alpha value is -2.98. The van der Waals surface area contributed by atoms with Crippen LogP contribution < -0.4 is 10.5 Å². The van der Waals surface area contributed by atoms with Crippen molar-refractivity contribution in [1.29, 1.82) is 0 Å². The molecule has 0 unspecified atom stereocenters. The first-order chi connectivity index (χ1) is 14.7. The van der Waals surface area contributed by atoms with E-state index in [-0.39, 0.29) is 11.6 Å². The number of nitrogens with one attached hydrogen (secondary N) is 1. The lowest BCUT2D eigenvalue weighted by atomic mass is 10.1. The van der Waals surface area contributed by atoms with Crippen molar-refractivity contribution in [2.24, 2.45) is 0 Å². The lowest BCUT2D eigenvalue weighted by Gasteiger charge is -2.34. The third-order valence-electron chi connectivity index (χ3n) is 5.17. The Kier molecular flexibility index (Phi) is 7.24. The number of piperazine rings is 1. The van der Waals surface area contributed by atoms with Crippen LogP contribution in [0.1, 0.15) is 42.5 Å². The quantitative estimate of drug-likeness (QED) is 0.667. The molecule has 31 heavy (non-hydrogen) atoms. The Morgan fingerprint density at radius 2 is 1.77 bits per heavy atom. The molecule has 1 aliphatic rings. The van der Waals surface area contributed by atoms with Gasteiger partial charge in [0.2, 0.25) is 11.9 Å². The van der Waals surface area contributed by atoms with Crippen LogP contribution in [0.25, 0.3) is 0 Å². The summed E-state index contributed by atoms with van der Waals surface area (Å²) in [4.78, 5) is 36.2. The van der Waals surface area contributed by atoms with Gasteiger partial charge < -0.3 is 9.80 Å². The van der Waals surface area contributed by atoms with Crippen molar-refractivity contribution in [2.75, 3.05) is 31.1 Å². The summed E-state index contributed by atoms with van der Waals surface area (Å²) < 4.78 is 38.3. The van der Waals surface area contributed by atoms with Gasteiger partial charge in [0.15, 0.2) is 0 Å². The molecule has 8 nitrogen and oxygen atoms in total. The van der Waals surface area contributed by atoms with E-state index >= 15 is 0 Å². The molecule has 2 aromatic rings. The van der Waals surface area contributed by atoms with Crippen LogP contribution in [-0.4, -0.2) is 57.2 Å². The van der Waals surface area contributed by atoms with Gasteiger partial charge in [0.05, 0.1) is 5.69 Å². The fourth-order valence-corrected chi connectivity index (χ4v) is 3.41. The number of amides is 1. The lowest BCUT2D eigenvalue weighted by Crippen LogP contribution is -2.49. The highest BCUT2D eigenvalue weighted by Crippen LogP contribution is 2.26. The zero-order chi connectivity index (χ0) is 22.4. The average molecular weight is 438 g/mol. The minimum Gasteiger partial charge on any atom is -0.339 e. The number of rotatable bonds is 7. The van der Waals surface area contributed by atoms with Gasteiger partial charge in [-0.05, 0) is 37.8 Å². The number of H-pyrrole nitrogens is 1. The third-order valence-corrected chi connectivity index (χ3v) is 5.17. The predicted octanol–water partition coefficient (Wildman–Crippen LogP) is 2.34. The van der Waals surface area contributed by atoms with Crippen LogP contribution in [0.2, 0.25) is 0 Å². The number of hydrogen-bond donors (Lipinski definition) is 1. The minimum atomic E-state index is -4.70. The molecule has 0 saturated carbocycles. The zero-order valence-electron chi connectivity index (χ0n) is 17.3. The van der Waals surface area contributed by atoms with Crippen LogP contribution >= 0.6 is 0 Å². The fraction of sp³-hybridized carbons (Fsp3) is 0.550. The van der Waals surface area contributed by atoms with Crippen LogP contribution in [0.3, 0.4) is 0 Å². The molecule has 0 aromatic carbocycles. The third kappa shape index (κ3) is 6.25. The SMILES string of the molecule is Cc1cnc(N2CCN(C(=O)CCCCCc3cc(C(F)(F)F)c(=O)[nH]n3)CC2)nc1. The van der Waals surface area contributed by atoms with E-state index in [1.165, 1.54) is 0 Å². The van der Waals surface area contributed by atoms with Crippen molar-refractivity contribution >= 4 is 11.9 Å². The van der Waals surface area contributed by atoms with E-state index in [1.54, 1.807) is 12.4 Å². The predicted molar refractivity (Wildman–Crippen MR) is 108 cm³/mol. The van der Waals surface area contributed by atoms with Crippen molar-refractivity contribution < 1.29 is 18.0 Å². The molecule has 3 rings (SSSR count). The number of halogens is 3. The molecular weight excluding hydrogens is 413 g/mol. The molecule has 2 aromatic heterocycles. The highest BCUT2D eigenvalue weighted by atomic mass is 19.4. The topological polar surface area (TPSA) is 95.1 Å². The number of carbonyl (C=O) groups is 1. The normalized spacial score (nSPS) is 14.7. The second-order valence-electron chi connectivity index (χ2n) is 7.59. The van der Waals surface area contributed by atoms with Crippen molar-refractivity contribution in [3.05, 3.63) is 45.6 Å². The Balaban J connectivity index is 1.36.